The van der Waals surface area contributed by atoms with Crippen molar-refractivity contribution >= 4 is 27.9 Å². The number of allylic oxidation sites excluding steroid dienone is 7. The van der Waals surface area contributed by atoms with E-state index in [9.17, 15) is 0 Å². The molecule has 2 heteroatoms. The van der Waals surface area contributed by atoms with E-state index < -0.39 is 0 Å². The Bertz CT molecular complexity index is 2660. The minimum atomic E-state index is 0.0872. The molecule has 0 saturated heterocycles. The Labute approximate surface area is 299 Å². The second-order valence-corrected chi connectivity index (χ2v) is 15.2. The topological polar surface area (TPSA) is 17.8 Å². The Morgan fingerprint density at radius 2 is 1.37 bits per heavy atom. The molecule has 1 unspecified atom stereocenters. The minimum absolute atomic E-state index is 0.0872. The van der Waals surface area contributed by atoms with Crippen LogP contribution in [0.2, 0.25) is 0 Å². The van der Waals surface area contributed by atoms with Crippen molar-refractivity contribution in [3.63, 3.8) is 0 Å². The molecule has 0 amide bonds. The van der Waals surface area contributed by atoms with Crippen molar-refractivity contribution in [2.24, 2.45) is 5.41 Å². The van der Waals surface area contributed by atoms with Crippen LogP contribution in [0.4, 0.5) is 0 Å². The Kier molecular flexibility index (Phi) is 6.60. The second-order valence-electron chi connectivity index (χ2n) is 15.2. The van der Waals surface area contributed by atoms with Gasteiger partial charge in [0.2, 0.25) is 0 Å². The molecule has 0 N–H and O–H groups in total. The first kappa shape index (κ1) is 29.9. The number of rotatable bonds is 4. The molecule has 2 nitrogen and oxygen atoms in total. The summed E-state index contributed by atoms with van der Waals surface area (Å²) < 4.78 is 2.40. The van der Waals surface area contributed by atoms with E-state index in [0.29, 0.717) is 0 Å². The lowest BCUT2D eigenvalue weighted by Gasteiger charge is -2.38. The van der Waals surface area contributed by atoms with Crippen molar-refractivity contribution in [1.82, 2.24) is 9.55 Å². The lowest BCUT2D eigenvalue weighted by molar-refractivity contribution is 0.513. The molecule has 244 valence electrons. The van der Waals surface area contributed by atoms with Crippen LogP contribution in [-0.4, -0.2) is 9.55 Å². The number of nitrogens with zero attached hydrogens (tertiary/aromatic N) is 2. The van der Waals surface area contributed by atoms with Gasteiger partial charge < -0.3 is 4.57 Å². The molecule has 0 fully saturated rings. The van der Waals surface area contributed by atoms with E-state index in [-0.39, 0.29) is 11.3 Å². The lowest BCUT2D eigenvalue weighted by atomic mass is 9.66. The van der Waals surface area contributed by atoms with Crippen molar-refractivity contribution < 1.29 is 0 Å². The zero-order valence-corrected chi connectivity index (χ0v) is 29.2. The SMILES string of the molecule is CC(C)(C)C1=CC2=CCc3c(-c4ccc(-c5ccccn5)cc4)cc(-c4ccc5c(c4)c4ccccc4n5-c4ccccc4)c4c3C2C(=C1)C=C4. The van der Waals surface area contributed by atoms with Gasteiger partial charge in [0.1, 0.15) is 0 Å². The molecular formula is C49H38N2. The van der Waals surface area contributed by atoms with Crippen LogP contribution in [0.1, 0.15) is 43.4 Å². The second kappa shape index (κ2) is 11.3. The van der Waals surface area contributed by atoms with Crippen LogP contribution in [0.3, 0.4) is 0 Å². The summed E-state index contributed by atoms with van der Waals surface area (Å²) in [5.41, 5.74) is 19.4. The van der Waals surface area contributed by atoms with E-state index in [1.807, 2.05) is 12.3 Å². The Morgan fingerprint density at radius 3 is 2.18 bits per heavy atom. The fourth-order valence-electron chi connectivity index (χ4n) is 8.58. The van der Waals surface area contributed by atoms with Crippen molar-refractivity contribution in [2.75, 3.05) is 0 Å². The molecule has 2 heterocycles. The van der Waals surface area contributed by atoms with E-state index in [0.717, 1.165) is 17.7 Å². The standard InChI is InChI=1S/C49H38N2/c1-49(2,3)36-27-34-20-23-39-41(31-16-18-32(19-17-31)44-14-9-10-26-50-44)30-42(40-24-21-35(28-36)47(34)48(39)40)33-22-25-46-43(29-33)38-13-7-8-15-45(38)51(46)37-11-5-4-6-12-37/h4-22,24-30,47H,23H2,1-3H3. The van der Waals surface area contributed by atoms with Gasteiger partial charge in [-0.1, -0.05) is 124 Å². The maximum absolute atomic E-state index is 4.61. The number of para-hydroxylation sites is 2. The monoisotopic (exact) mass is 654 g/mol. The molecule has 0 spiro atoms. The quantitative estimate of drug-likeness (QED) is 0.185. The van der Waals surface area contributed by atoms with Crippen LogP contribution in [0.25, 0.3) is 67.1 Å². The predicted molar refractivity (Wildman–Crippen MR) is 214 cm³/mol. The molecule has 2 aromatic heterocycles. The van der Waals surface area contributed by atoms with Crippen LogP contribution >= 0.6 is 0 Å². The van der Waals surface area contributed by atoms with Crippen molar-refractivity contribution in [3.05, 3.63) is 185 Å². The summed E-state index contributed by atoms with van der Waals surface area (Å²) in [7, 11) is 0. The summed E-state index contributed by atoms with van der Waals surface area (Å²) >= 11 is 0. The number of hydrogen-bond acceptors (Lipinski definition) is 1. The molecule has 10 rings (SSSR count). The summed E-state index contributed by atoms with van der Waals surface area (Å²) in [6.07, 6.45) is 15.0. The minimum Gasteiger partial charge on any atom is -0.309 e. The van der Waals surface area contributed by atoms with Gasteiger partial charge in [-0.15, -0.1) is 0 Å². The molecule has 7 aromatic rings. The highest BCUT2D eigenvalue weighted by molar-refractivity contribution is 6.11. The third-order valence-electron chi connectivity index (χ3n) is 11.1. The van der Waals surface area contributed by atoms with Crippen LogP contribution in [-0.2, 0) is 6.42 Å². The molecule has 5 aromatic carbocycles. The average Bonchev–Trinajstić information content (AvgIpc) is 3.50. The first-order valence-corrected chi connectivity index (χ1v) is 18.0. The summed E-state index contributed by atoms with van der Waals surface area (Å²) in [6.45, 7) is 6.96. The molecule has 51 heavy (non-hydrogen) atoms. The molecule has 0 radical (unpaired) electrons. The first-order valence-electron chi connectivity index (χ1n) is 18.0. The molecule has 0 bridgehead atoms. The molecule has 0 saturated carbocycles. The van der Waals surface area contributed by atoms with E-state index in [1.165, 1.54) is 83.2 Å². The fourth-order valence-corrected chi connectivity index (χ4v) is 8.58. The van der Waals surface area contributed by atoms with Gasteiger partial charge in [0.15, 0.2) is 0 Å². The zero-order valence-electron chi connectivity index (χ0n) is 29.2. The molecule has 0 aliphatic heterocycles. The molecule has 1 atom stereocenters. The van der Waals surface area contributed by atoms with Crippen molar-refractivity contribution in [1.29, 1.82) is 0 Å². The van der Waals surface area contributed by atoms with Crippen LogP contribution in [0, 0.1) is 5.41 Å². The van der Waals surface area contributed by atoms with Crippen molar-refractivity contribution in [3.8, 4) is 39.2 Å². The highest BCUT2D eigenvalue weighted by atomic mass is 15.0. The van der Waals surface area contributed by atoms with E-state index >= 15 is 0 Å². The van der Waals surface area contributed by atoms with Gasteiger partial charge in [-0.25, -0.2) is 0 Å². The highest BCUT2D eigenvalue weighted by Crippen LogP contribution is 2.53. The van der Waals surface area contributed by atoms with Crippen LogP contribution < -0.4 is 0 Å². The summed E-state index contributed by atoms with van der Waals surface area (Å²) in [4.78, 5) is 4.61. The van der Waals surface area contributed by atoms with E-state index in [1.54, 1.807) is 0 Å². The maximum atomic E-state index is 4.61. The van der Waals surface area contributed by atoms with Crippen LogP contribution in [0.15, 0.2) is 169 Å². The van der Waals surface area contributed by atoms with Gasteiger partial charge in [0, 0.05) is 34.1 Å². The van der Waals surface area contributed by atoms with E-state index in [4.69, 9.17) is 0 Å². The van der Waals surface area contributed by atoms with Crippen LogP contribution in [0.5, 0.6) is 0 Å². The molecule has 3 aliphatic carbocycles. The number of fused-ring (bicyclic) bond motifs is 3. The normalized spacial score (nSPS) is 16.1. The van der Waals surface area contributed by atoms with Gasteiger partial charge >= 0.3 is 0 Å². The van der Waals surface area contributed by atoms with Gasteiger partial charge in [0.25, 0.3) is 0 Å². The fraction of sp³-hybridized carbons (Fsp3) is 0.122. The Balaban J connectivity index is 1.20. The number of aromatic nitrogens is 2. The predicted octanol–water partition coefficient (Wildman–Crippen LogP) is 12.7. The maximum Gasteiger partial charge on any atom is 0.0701 e. The smallest absolute Gasteiger partial charge is 0.0701 e. The largest absolute Gasteiger partial charge is 0.309 e. The Hall–Kier alpha value is -5.99. The number of hydrogen-bond donors (Lipinski definition) is 0. The lowest BCUT2D eigenvalue weighted by Crippen LogP contribution is -2.22. The van der Waals surface area contributed by atoms with Gasteiger partial charge in [-0.2, -0.15) is 0 Å². The zero-order chi connectivity index (χ0) is 34.3. The molecule has 3 aliphatic rings. The third-order valence-corrected chi connectivity index (χ3v) is 11.1. The highest BCUT2D eigenvalue weighted by Gasteiger charge is 2.36. The number of benzene rings is 5. The summed E-state index contributed by atoms with van der Waals surface area (Å²) in [6, 6.07) is 44.2. The Morgan fingerprint density at radius 1 is 0.627 bits per heavy atom. The average molecular weight is 655 g/mol. The van der Waals surface area contributed by atoms with Gasteiger partial charge in [0.05, 0.1) is 16.7 Å². The van der Waals surface area contributed by atoms with Crippen molar-refractivity contribution in [2.45, 2.75) is 33.1 Å². The summed E-state index contributed by atoms with van der Waals surface area (Å²) in [5.74, 6) is 0.245. The first-order chi connectivity index (χ1) is 24.9. The van der Waals surface area contributed by atoms with Gasteiger partial charge in [-0.3, -0.25) is 4.98 Å². The number of pyridine rings is 1. The third kappa shape index (κ3) is 4.74. The van der Waals surface area contributed by atoms with E-state index in [2.05, 4.69) is 176 Å². The van der Waals surface area contributed by atoms with Gasteiger partial charge in [-0.05, 0) is 116 Å². The molecular weight excluding hydrogens is 617 g/mol. The summed E-state index contributed by atoms with van der Waals surface area (Å²) in [5, 5.41) is 2.54.